The maximum absolute atomic E-state index is 13.0. The van der Waals surface area contributed by atoms with Crippen LogP contribution in [0, 0.1) is 0 Å². The van der Waals surface area contributed by atoms with Crippen molar-refractivity contribution in [3.8, 4) is 5.69 Å². The third-order valence-corrected chi connectivity index (χ3v) is 3.61. The van der Waals surface area contributed by atoms with Crippen LogP contribution >= 0.6 is 0 Å². The zero-order chi connectivity index (χ0) is 16.6. The zero-order valence-electron chi connectivity index (χ0n) is 12.6. The van der Waals surface area contributed by atoms with Crippen LogP contribution in [0.25, 0.3) is 16.6 Å². The maximum Gasteiger partial charge on any atom is 0.266 e. The first kappa shape index (κ1) is 14.9. The van der Waals surface area contributed by atoms with Crippen LogP contribution in [0.5, 0.6) is 0 Å². The fourth-order valence-electron chi connectivity index (χ4n) is 2.58. The number of amides is 1. The highest BCUT2D eigenvalue weighted by Crippen LogP contribution is 2.19. The minimum absolute atomic E-state index is 0.154. The molecule has 1 aromatic heterocycles. The van der Waals surface area contributed by atoms with Crippen molar-refractivity contribution < 1.29 is 4.79 Å². The number of rotatable bonds is 3. The van der Waals surface area contributed by atoms with E-state index in [2.05, 4.69) is 4.98 Å². The Balaban J connectivity index is 2.49. The Morgan fingerprint density at radius 1 is 1.13 bits per heavy atom. The molecule has 1 amide bonds. The average Bonchev–Trinajstić information content (AvgIpc) is 2.54. The molecule has 3 rings (SSSR count). The standard InChI is InChI=1S/C17H16N4O2/c1-10(18)16-20-13-9-5-8-12(15(19)22)14(13)17(23)21(16)11-6-3-2-4-7-11/h2-10H,18H2,1H3,(H2,19,22). The molecule has 2 aromatic carbocycles. The van der Waals surface area contributed by atoms with E-state index in [1.54, 1.807) is 31.2 Å². The van der Waals surface area contributed by atoms with E-state index >= 15 is 0 Å². The number of para-hydroxylation sites is 1. The van der Waals surface area contributed by atoms with Crippen LogP contribution in [0.3, 0.4) is 0 Å². The minimum Gasteiger partial charge on any atom is -0.366 e. The number of fused-ring (bicyclic) bond motifs is 1. The molecule has 1 atom stereocenters. The van der Waals surface area contributed by atoms with Crippen molar-refractivity contribution in [3.05, 3.63) is 70.3 Å². The van der Waals surface area contributed by atoms with Crippen molar-refractivity contribution in [2.24, 2.45) is 11.5 Å². The summed E-state index contributed by atoms with van der Waals surface area (Å²) in [6, 6.07) is 13.4. The highest BCUT2D eigenvalue weighted by molar-refractivity contribution is 6.05. The number of hydrogen-bond donors (Lipinski definition) is 2. The summed E-state index contributed by atoms with van der Waals surface area (Å²) < 4.78 is 1.43. The van der Waals surface area contributed by atoms with Gasteiger partial charge in [-0.05, 0) is 31.2 Å². The first-order chi connectivity index (χ1) is 11.0. The first-order valence-corrected chi connectivity index (χ1v) is 7.17. The molecule has 0 radical (unpaired) electrons. The summed E-state index contributed by atoms with van der Waals surface area (Å²) in [6.07, 6.45) is 0. The number of primary amides is 1. The SMILES string of the molecule is CC(N)c1nc2cccc(C(N)=O)c2c(=O)n1-c1ccccc1. The van der Waals surface area contributed by atoms with E-state index in [1.165, 1.54) is 10.6 Å². The third kappa shape index (κ3) is 2.49. The van der Waals surface area contributed by atoms with Crippen molar-refractivity contribution in [1.29, 1.82) is 0 Å². The quantitative estimate of drug-likeness (QED) is 0.765. The summed E-state index contributed by atoms with van der Waals surface area (Å²) in [6.45, 7) is 1.75. The third-order valence-electron chi connectivity index (χ3n) is 3.61. The predicted molar refractivity (Wildman–Crippen MR) is 88.5 cm³/mol. The van der Waals surface area contributed by atoms with Gasteiger partial charge in [0.2, 0.25) is 5.91 Å². The second-order valence-electron chi connectivity index (χ2n) is 5.30. The molecule has 6 heteroatoms. The van der Waals surface area contributed by atoms with Gasteiger partial charge in [-0.3, -0.25) is 14.2 Å². The highest BCUT2D eigenvalue weighted by atomic mass is 16.1. The van der Waals surface area contributed by atoms with Crippen LogP contribution in [0.4, 0.5) is 0 Å². The van der Waals surface area contributed by atoms with Crippen LogP contribution in [0.2, 0.25) is 0 Å². The summed E-state index contributed by atoms with van der Waals surface area (Å²) >= 11 is 0. The Kier molecular flexibility index (Phi) is 3.67. The fourth-order valence-corrected chi connectivity index (χ4v) is 2.58. The van der Waals surface area contributed by atoms with Gasteiger partial charge in [-0.25, -0.2) is 4.98 Å². The van der Waals surface area contributed by atoms with Crippen LogP contribution in [0.15, 0.2) is 53.3 Å². The number of nitrogens with two attached hydrogens (primary N) is 2. The zero-order valence-corrected chi connectivity index (χ0v) is 12.6. The van der Waals surface area contributed by atoms with Crippen LogP contribution in [0.1, 0.15) is 29.1 Å². The van der Waals surface area contributed by atoms with Gasteiger partial charge in [0.15, 0.2) is 0 Å². The molecule has 0 aliphatic carbocycles. The maximum atomic E-state index is 13.0. The molecule has 4 N–H and O–H groups in total. The molecule has 1 heterocycles. The molecule has 23 heavy (non-hydrogen) atoms. The van der Waals surface area contributed by atoms with Gasteiger partial charge in [0.05, 0.1) is 28.2 Å². The second-order valence-corrected chi connectivity index (χ2v) is 5.30. The molecule has 0 bridgehead atoms. The molecule has 1 unspecified atom stereocenters. The van der Waals surface area contributed by atoms with E-state index in [1.807, 2.05) is 18.2 Å². The summed E-state index contributed by atoms with van der Waals surface area (Å²) in [5, 5.41) is 0.202. The molecule has 0 saturated carbocycles. The van der Waals surface area contributed by atoms with Crippen LogP contribution in [-0.4, -0.2) is 15.5 Å². The summed E-state index contributed by atoms with van der Waals surface area (Å²) in [5.74, 6) is -0.238. The molecule has 0 spiro atoms. The van der Waals surface area contributed by atoms with Crippen molar-refractivity contribution >= 4 is 16.8 Å². The lowest BCUT2D eigenvalue weighted by Gasteiger charge is -2.16. The van der Waals surface area contributed by atoms with Gasteiger partial charge in [-0.2, -0.15) is 0 Å². The van der Waals surface area contributed by atoms with Crippen LogP contribution < -0.4 is 17.0 Å². The average molecular weight is 308 g/mol. The summed E-state index contributed by atoms with van der Waals surface area (Å²) in [4.78, 5) is 29.2. The minimum atomic E-state index is -0.664. The summed E-state index contributed by atoms with van der Waals surface area (Å²) in [5.41, 5.74) is 12.2. The molecule has 6 nitrogen and oxygen atoms in total. The van der Waals surface area contributed by atoms with Gasteiger partial charge in [0.25, 0.3) is 5.56 Å². The van der Waals surface area contributed by atoms with E-state index < -0.39 is 11.9 Å². The second kappa shape index (κ2) is 5.66. The number of carbonyl (C=O) groups is 1. The molecule has 0 saturated heterocycles. The van der Waals surface area contributed by atoms with E-state index in [0.29, 0.717) is 17.0 Å². The smallest absolute Gasteiger partial charge is 0.266 e. The van der Waals surface area contributed by atoms with Gasteiger partial charge in [0.1, 0.15) is 5.82 Å². The van der Waals surface area contributed by atoms with Crippen molar-refractivity contribution in [1.82, 2.24) is 9.55 Å². The van der Waals surface area contributed by atoms with Gasteiger partial charge >= 0.3 is 0 Å². The lowest BCUT2D eigenvalue weighted by molar-refractivity contribution is 0.100. The number of nitrogens with zero attached hydrogens (tertiary/aromatic N) is 2. The predicted octanol–water partition coefficient (Wildman–Crippen LogP) is 1.50. The lowest BCUT2D eigenvalue weighted by atomic mass is 10.1. The Bertz CT molecular complexity index is 946. The Morgan fingerprint density at radius 2 is 1.83 bits per heavy atom. The number of carbonyl (C=O) groups excluding carboxylic acids is 1. The number of benzene rings is 2. The molecule has 0 aliphatic rings. The molecule has 0 aliphatic heterocycles. The van der Waals surface area contributed by atoms with E-state index in [4.69, 9.17) is 11.5 Å². The normalized spacial score (nSPS) is 12.3. The molecular weight excluding hydrogens is 292 g/mol. The fraction of sp³-hybridized carbons (Fsp3) is 0.118. The van der Waals surface area contributed by atoms with Gasteiger partial charge < -0.3 is 11.5 Å². The molecule has 0 fully saturated rings. The topological polar surface area (TPSA) is 104 Å². The van der Waals surface area contributed by atoms with Crippen LogP contribution in [-0.2, 0) is 0 Å². The molecule has 116 valence electrons. The Labute approximate surface area is 132 Å². The van der Waals surface area contributed by atoms with E-state index in [0.717, 1.165) is 0 Å². The van der Waals surface area contributed by atoms with E-state index in [9.17, 15) is 9.59 Å². The van der Waals surface area contributed by atoms with Crippen molar-refractivity contribution in [2.45, 2.75) is 13.0 Å². The molecule has 3 aromatic rings. The number of hydrogen-bond acceptors (Lipinski definition) is 4. The first-order valence-electron chi connectivity index (χ1n) is 7.17. The largest absolute Gasteiger partial charge is 0.366 e. The lowest BCUT2D eigenvalue weighted by Crippen LogP contribution is -2.29. The highest BCUT2D eigenvalue weighted by Gasteiger charge is 2.18. The Morgan fingerprint density at radius 3 is 2.43 bits per heavy atom. The van der Waals surface area contributed by atoms with Crippen molar-refractivity contribution in [2.75, 3.05) is 0 Å². The molecular formula is C17H16N4O2. The van der Waals surface area contributed by atoms with Gasteiger partial charge in [0, 0.05) is 0 Å². The summed E-state index contributed by atoms with van der Waals surface area (Å²) in [7, 11) is 0. The van der Waals surface area contributed by atoms with Gasteiger partial charge in [-0.1, -0.05) is 24.3 Å². The Hall–Kier alpha value is -2.99. The van der Waals surface area contributed by atoms with Gasteiger partial charge in [-0.15, -0.1) is 0 Å². The van der Waals surface area contributed by atoms with E-state index in [-0.39, 0.29) is 16.5 Å². The number of aromatic nitrogens is 2. The monoisotopic (exact) mass is 308 g/mol. The van der Waals surface area contributed by atoms with Crippen molar-refractivity contribution in [3.63, 3.8) is 0 Å².